The van der Waals surface area contributed by atoms with Gasteiger partial charge in [0, 0.05) is 49.9 Å². The number of hydrogen-bond acceptors (Lipinski definition) is 5. The summed E-state index contributed by atoms with van der Waals surface area (Å²) in [6.07, 6.45) is 2.09. The monoisotopic (exact) mass is 379 g/mol. The first kappa shape index (κ1) is 18.0. The van der Waals surface area contributed by atoms with Gasteiger partial charge in [-0.3, -0.25) is 14.3 Å². The van der Waals surface area contributed by atoms with E-state index in [1.54, 1.807) is 21.8 Å². The molecule has 1 saturated heterocycles. The predicted octanol–water partition coefficient (Wildman–Crippen LogP) is 2.17. The van der Waals surface area contributed by atoms with Crippen molar-refractivity contribution in [3.8, 4) is 11.3 Å². The van der Waals surface area contributed by atoms with E-state index in [0.717, 1.165) is 16.9 Å². The van der Waals surface area contributed by atoms with Gasteiger partial charge in [-0.15, -0.1) is 0 Å². The molecule has 2 amide bonds. The molecule has 0 unspecified atom stereocenters. The number of carbonyl (C=O) groups excluding carboxylic acids is 2. The predicted molar refractivity (Wildman–Crippen MR) is 103 cm³/mol. The number of nitrogens with zero attached hydrogens (tertiary/aromatic N) is 4. The van der Waals surface area contributed by atoms with E-state index in [1.165, 1.54) is 0 Å². The highest BCUT2D eigenvalue weighted by molar-refractivity contribution is 5.96. The lowest BCUT2D eigenvalue weighted by Gasteiger charge is -2.16. The summed E-state index contributed by atoms with van der Waals surface area (Å²) in [5.74, 6) is 0.314. The van der Waals surface area contributed by atoms with Crippen molar-refractivity contribution in [3.63, 3.8) is 0 Å². The van der Waals surface area contributed by atoms with E-state index in [0.29, 0.717) is 25.3 Å². The van der Waals surface area contributed by atoms with Crippen LogP contribution in [0.15, 0.2) is 47.1 Å². The molecule has 1 fully saturated rings. The molecule has 1 aromatic carbocycles. The fourth-order valence-corrected chi connectivity index (χ4v) is 3.35. The largest absolute Gasteiger partial charge is 0.355 e. The minimum Gasteiger partial charge on any atom is -0.355 e. The first-order valence-electron chi connectivity index (χ1n) is 9.12. The summed E-state index contributed by atoms with van der Waals surface area (Å²) in [7, 11) is 1.84. The third-order valence-corrected chi connectivity index (χ3v) is 5.07. The van der Waals surface area contributed by atoms with E-state index >= 15 is 0 Å². The Balaban J connectivity index is 1.36. The van der Waals surface area contributed by atoms with Crippen LogP contribution < -0.4 is 10.2 Å². The fraction of sp³-hybridized carbons (Fsp3) is 0.300. The summed E-state index contributed by atoms with van der Waals surface area (Å²) in [4.78, 5) is 26.4. The molecule has 0 bridgehead atoms. The van der Waals surface area contributed by atoms with Gasteiger partial charge in [0.15, 0.2) is 11.5 Å². The molecule has 1 N–H and O–H groups in total. The minimum atomic E-state index is -0.317. The number of carbonyl (C=O) groups is 2. The van der Waals surface area contributed by atoms with Gasteiger partial charge in [0.2, 0.25) is 5.91 Å². The molecular weight excluding hydrogens is 358 g/mol. The van der Waals surface area contributed by atoms with Crippen LogP contribution in [0.1, 0.15) is 22.6 Å². The normalized spacial score (nSPS) is 16.6. The standard InChI is InChI=1S/C20H21N5O3/c1-13-16(11-22-24(13)2)18-9-17(23-28-18)20(27)21-10-14-8-19(26)25(12-14)15-6-4-3-5-7-15/h3-7,9,11,14H,8,10,12H2,1-2H3,(H,21,27)/t14-/m0/s1. The maximum Gasteiger partial charge on any atom is 0.273 e. The van der Waals surface area contributed by atoms with Gasteiger partial charge in [-0.05, 0) is 19.1 Å². The third kappa shape index (κ3) is 3.40. The van der Waals surface area contributed by atoms with Crippen LogP contribution in [0.4, 0.5) is 5.69 Å². The summed E-state index contributed by atoms with van der Waals surface area (Å²) < 4.78 is 7.03. The maximum absolute atomic E-state index is 12.4. The Kier molecular flexibility index (Phi) is 4.68. The second kappa shape index (κ2) is 7.30. The van der Waals surface area contributed by atoms with Crippen LogP contribution in [0.5, 0.6) is 0 Å². The lowest BCUT2D eigenvalue weighted by atomic mass is 10.1. The van der Waals surface area contributed by atoms with Gasteiger partial charge >= 0.3 is 0 Å². The highest BCUT2D eigenvalue weighted by Gasteiger charge is 2.31. The highest BCUT2D eigenvalue weighted by Crippen LogP contribution is 2.25. The van der Waals surface area contributed by atoms with E-state index in [1.807, 2.05) is 44.3 Å². The summed E-state index contributed by atoms with van der Waals surface area (Å²) >= 11 is 0. The number of anilines is 1. The zero-order valence-electron chi connectivity index (χ0n) is 15.8. The quantitative estimate of drug-likeness (QED) is 0.733. The number of aromatic nitrogens is 3. The Labute approximate surface area is 162 Å². The molecule has 28 heavy (non-hydrogen) atoms. The van der Waals surface area contributed by atoms with Crippen LogP contribution in [0.25, 0.3) is 11.3 Å². The molecule has 3 heterocycles. The Morgan fingerprint density at radius 1 is 1.32 bits per heavy atom. The fourth-order valence-electron chi connectivity index (χ4n) is 3.35. The molecule has 0 saturated carbocycles. The number of nitrogens with one attached hydrogen (secondary N) is 1. The van der Waals surface area contributed by atoms with Crippen molar-refractivity contribution in [2.75, 3.05) is 18.0 Å². The van der Waals surface area contributed by atoms with Gasteiger partial charge in [-0.25, -0.2) is 0 Å². The molecule has 1 aliphatic rings. The summed E-state index contributed by atoms with van der Waals surface area (Å²) in [6.45, 7) is 2.91. The number of hydrogen-bond donors (Lipinski definition) is 1. The molecule has 3 aromatic rings. The second-order valence-electron chi connectivity index (χ2n) is 6.96. The Morgan fingerprint density at radius 3 is 2.82 bits per heavy atom. The number of rotatable bonds is 5. The summed E-state index contributed by atoms with van der Waals surface area (Å²) in [6, 6.07) is 11.2. The zero-order valence-corrected chi connectivity index (χ0v) is 15.8. The van der Waals surface area contributed by atoms with E-state index in [2.05, 4.69) is 15.6 Å². The van der Waals surface area contributed by atoms with Crippen molar-refractivity contribution in [2.45, 2.75) is 13.3 Å². The molecule has 8 nitrogen and oxygen atoms in total. The van der Waals surface area contributed by atoms with Crippen LogP contribution in [-0.2, 0) is 11.8 Å². The van der Waals surface area contributed by atoms with Crippen LogP contribution in [0.2, 0.25) is 0 Å². The maximum atomic E-state index is 12.4. The van der Waals surface area contributed by atoms with E-state index in [4.69, 9.17) is 4.52 Å². The van der Waals surface area contributed by atoms with Crippen molar-refractivity contribution >= 4 is 17.5 Å². The lowest BCUT2D eigenvalue weighted by Crippen LogP contribution is -2.31. The second-order valence-corrected chi connectivity index (χ2v) is 6.96. The highest BCUT2D eigenvalue weighted by atomic mass is 16.5. The number of benzene rings is 1. The van der Waals surface area contributed by atoms with Crippen molar-refractivity contribution in [3.05, 3.63) is 54.0 Å². The van der Waals surface area contributed by atoms with Gasteiger partial charge in [0.25, 0.3) is 5.91 Å². The summed E-state index contributed by atoms with van der Waals surface area (Å²) in [5, 5.41) is 10.9. The molecule has 4 rings (SSSR count). The van der Waals surface area contributed by atoms with Gasteiger partial charge in [-0.2, -0.15) is 5.10 Å². The molecule has 8 heteroatoms. The first-order valence-corrected chi connectivity index (χ1v) is 9.12. The van der Waals surface area contributed by atoms with Crippen LogP contribution in [-0.4, -0.2) is 39.8 Å². The minimum absolute atomic E-state index is 0.0589. The van der Waals surface area contributed by atoms with Crippen LogP contribution >= 0.6 is 0 Å². The molecular formula is C20H21N5O3. The van der Waals surface area contributed by atoms with Gasteiger partial charge in [0.05, 0.1) is 11.8 Å². The zero-order chi connectivity index (χ0) is 19.7. The van der Waals surface area contributed by atoms with Crippen molar-refractivity contribution in [1.82, 2.24) is 20.3 Å². The topological polar surface area (TPSA) is 93.3 Å². The molecule has 0 aliphatic carbocycles. The molecule has 144 valence electrons. The van der Waals surface area contributed by atoms with E-state index < -0.39 is 0 Å². The Bertz CT molecular complexity index is 1010. The Morgan fingerprint density at radius 2 is 2.11 bits per heavy atom. The smallest absolute Gasteiger partial charge is 0.273 e. The molecule has 2 aromatic heterocycles. The third-order valence-electron chi connectivity index (χ3n) is 5.07. The molecule has 0 spiro atoms. The molecule has 1 aliphatic heterocycles. The molecule has 0 radical (unpaired) electrons. The van der Waals surface area contributed by atoms with Gasteiger partial charge < -0.3 is 14.7 Å². The summed E-state index contributed by atoms with van der Waals surface area (Å²) in [5.41, 5.74) is 2.82. The van der Waals surface area contributed by atoms with Crippen molar-refractivity contribution in [2.24, 2.45) is 13.0 Å². The van der Waals surface area contributed by atoms with E-state index in [9.17, 15) is 9.59 Å². The van der Waals surface area contributed by atoms with E-state index in [-0.39, 0.29) is 23.4 Å². The SMILES string of the molecule is Cc1c(-c2cc(C(=O)NC[C@@H]3CC(=O)N(c4ccccc4)C3)no2)cnn1C. The van der Waals surface area contributed by atoms with Gasteiger partial charge in [-0.1, -0.05) is 23.4 Å². The van der Waals surface area contributed by atoms with Gasteiger partial charge in [0.1, 0.15) is 0 Å². The first-order chi connectivity index (χ1) is 13.5. The van der Waals surface area contributed by atoms with Crippen LogP contribution in [0.3, 0.4) is 0 Å². The lowest BCUT2D eigenvalue weighted by molar-refractivity contribution is -0.117. The Hall–Kier alpha value is -3.42. The average molecular weight is 379 g/mol. The number of aryl methyl sites for hydroxylation is 1. The number of amides is 2. The van der Waals surface area contributed by atoms with Crippen LogP contribution in [0, 0.1) is 12.8 Å². The average Bonchev–Trinajstić information content (AvgIpc) is 3.41. The van der Waals surface area contributed by atoms with Crippen molar-refractivity contribution in [1.29, 1.82) is 0 Å². The van der Waals surface area contributed by atoms with Crippen molar-refractivity contribution < 1.29 is 14.1 Å². The number of para-hydroxylation sites is 1. The molecule has 1 atom stereocenters.